The molecule has 0 unspecified atom stereocenters. The smallest absolute Gasteiger partial charge is 0.112 e. The summed E-state index contributed by atoms with van der Waals surface area (Å²) in [6.45, 7) is 5.87. The van der Waals surface area contributed by atoms with E-state index >= 15 is 0 Å². The number of nitrogens with one attached hydrogen (secondary N) is 1. The summed E-state index contributed by atoms with van der Waals surface area (Å²) < 4.78 is 0. The molecule has 1 aliphatic rings. The molecule has 55 heavy (non-hydrogen) atoms. The lowest BCUT2D eigenvalue weighted by molar-refractivity contribution is -0.001000. The molecule has 0 saturated carbocycles. The van der Waals surface area contributed by atoms with E-state index in [-0.39, 0.29) is 34.0 Å². The summed E-state index contributed by atoms with van der Waals surface area (Å²) in [6.07, 6.45) is 7.43. The number of nitrogens with zero attached hydrogens (tertiary/aromatic N) is 1. The molecule has 1 N–H and O–H groups in total. The van der Waals surface area contributed by atoms with E-state index < -0.39 is 14.5 Å². The van der Waals surface area contributed by atoms with Crippen molar-refractivity contribution in [2.45, 2.75) is 25.7 Å². The molecular weight excluding hydrogens is 906 g/mol. The van der Waals surface area contributed by atoms with Gasteiger partial charge in [-0.15, -0.1) is 0 Å². The van der Waals surface area contributed by atoms with Crippen LogP contribution in [0.1, 0.15) is 25.7 Å². The third-order valence-electron chi connectivity index (χ3n) is 10.5. The molecule has 0 aromatic heterocycles. The van der Waals surface area contributed by atoms with Crippen LogP contribution in [0, 0.1) is 0 Å². The molecular formula is C48H55Br3N2P2. The first-order valence-electron chi connectivity index (χ1n) is 19.4. The fourth-order valence-electron chi connectivity index (χ4n) is 7.83. The maximum Gasteiger partial charge on any atom is 0.112 e. The van der Waals surface area contributed by atoms with Gasteiger partial charge in [0.25, 0.3) is 0 Å². The highest BCUT2D eigenvalue weighted by Crippen LogP contribution is 2.57. The molecule has 0 spiro atoms. The number of rotatable bonds is 15. The summed E-state index contributed by atoms with van der Waals surface area (Å²) >= 11 is 3.60. The van der Waals surface area contributed by atoms with Gasteiger partial charge in [-0.2, -0.15) is 0 Å². The van der Waals surface area contributed by atoms with Crippen LogP contribution in [0.3, 0.4) is 0 Å². The van der Waals surface area contributed by atoms with Gasteiger partial charge < -0.3 is 44.2 Å². The molecule has 0 amide bonds. The maximum absolute atomic E-state index is 3.60. The fraction of sp³-hybridized carbons (Fsp3) is 0.250. The summed E-state index contributed by atoms with van der Waals surface area (Å²) in [6, 6.07) is 67.1. The molecule has 288 valence electrons. The second-order valence-electron chi connectivity index (χ2n) is 13.8. The van der Waals surface area contributed by atoms with Gasteiger partial charge in [-0.1, -0.05) is 125 Å². The molecule has 0 radical (unpaired) electrons. The molecule has 0 atom stereocenters. The van der Waals surface area contributed by atoms with Gasteiger partial charge in [-0.3, -0.25) is 0 Å². The average Bonchev–Trinajstić information content (AvgIpc) is 3.25. The van der Waals surface area contributed by atoms with Crippen LogP contribution >= 0.6 is 30.5 Å². The lowest BCUT2D eigenvalue weighted by atomic mass is 10.3. The number of benzene rings is 6. The van der Waals surface area contributed by atoms with Crippen LogP contribution in [0.25, 0.3) is 0 Å². The van der Waals surface area contributed by atoms with Gasteiger partial charge in [0.15, 0.2) is 0 Å². The number of halogens is 3. The summed E-state index contributed by atoms with van der Waals surface area (Å²) in [5, 5.41) is 13.5. The Kier molecular flexibility index (Phi) is 20.0. The van der Waals surface area contributed by atoms with Crippen molar-refractivity contribution in [2.75, 3.05) is 50.4 Å². The number of unbranched alkanes of at least 4 members (excludes halogenated alkanes) is 2. The number of hydrogen-bond acceptors (Lipinski definition) is 2. The topological polar surface area (TPSA) is 15.3 Å². The van der Waals surface area contributed by atoms with E-state index in [0.717, 1.165) is 18.4 Å². The molecule has 1 saturated heterocycles. The Labute approximate surface area is 361 Å². The number of piperazine rings is 1. The Bertz CT molecular complexity index is 1670. The van der Waals surface area contributed by atoms with Crippen molar-refractivity contribution < 1.29 is 34.0 Å². The first-order valence-corrected chi connectivity index (χ1v) is 24.4. The van der Waals surface area contributed by atoms with Crippen LogP contribution in [-0.4, -0.2) is 55.3 Å². The lowest BCUT2D eigenvalue weighted by Crippen LogP contribution is -3.00. The van der Waals surface area contributed by atoms with Crippen LogP contribution in [0.15, 0.2) is 182 Å². The summed E-state index contributed by atoms with van der Waals surface area (Å²) in [5.41, 5.74) is 0. The highest BCUT2D eigenvalue weighted by Gasteiger charge is 2.45. The van der Waals surface area contributed by atoms with Crippen molar-refractivity contribution in [3.05, 3.63) is 182 Å². The van der Waals surface area contributed by atoms with Crippen molar-refractivity contribution in [1.29, 1.82) is 0 Å². The van der Waals surface area contributed by atoms with Gasteiger partial charge in [-0.25, -0.2) is 0 Å². The molecule has 1 heterocycles. The van der Waals surface area contributed by atoms with Crippen molar-refractivity contribution in [3.63, 3.8) is 0 Å². The SMILES string of the molecule is BrCCCC[P+](c1ccccc1)(c1ccccc1)c1ccccc1.[Br-].[Br-].c1ccc([P+](CCCCN2CCNCC2)(c2ccccc2)c2ccccc2)cc1. The minimum atomic E-state index is -1.65. The predicted molar refractivity (Wildman–Crippen MR) is 242 cm³/mol. The predicted octanol–water partition coefficient (Wildman–Crippen LogP) is 2.83. The van der Waals surface area contributed by atoms with E-state index in [1.54, 1.807) is 0 Å². The quantitative estimate of drug-likeness (QED) is 0.0970. The summed E-state index contributed by atoms with van der Waals surface area (Å²) in [7, 11) is -3.26. The van der Waals surface area contributed by atoms with E-state index in [0.29, 0.717) is 0 Å². The molecule has 1 aliphatic heterocycles. The van der Waals surface area contributed by atoms with Gasteiger partial charge in [0.05, 0.1) is 12.3 Å². The summed E-state index contributed by atoms with van der Waals surface area (Å²) in [5.74, 6) is 0. The third kappa shape index (κ3) is 11.8. The van der Waals surface area contributed by atoms with E-state index in [9.17, 15) is 0 Å². The van der Waals surface area contributed by atoms with Gasteiger partial charge in [-0.05, 0) is 105 Å². The van der Waals surface area contributed by atoms with E-state index in [4.69, 9.17) is 0 Å². The first kappa shape index (κ1) is 45.2. The number of alkyl halides is 1. The molecule has 2 nitrogen and oxygen atoms in total. The van der Waals surface area contributed by atoms with Gasteiger partial charge in [0.1, 0.15) is 46.4 Å². The second kappa shape index (κ2) is 24.3. The Hall–Kier alpha value is -2.46. The second-order valence-corrected chi connectivity index (χ2v) is 21.8. The Morgan fingerprint density at radius 2 is 0.673 bits per heavy atom. The zero-order valence-corrected chi connectivity index (χ0v) is 38.3. The molecule has 1 fully saturated rings. The largest absolute Gasteiger partial charge is 1.00 e. The Morgan fingerprint density at radius 1 is 0.400 bits per heavy atom. The highest BCUT2D eigenvalue weighted by molar-refractivity contribution is 9.09. The minimum Gasteiger partial charge on any atom is -1.00 e. The van der Waals surface area contributed by atoms with E-state index in [1.807, 2.05) is 0 Å². The first-order chi connectivity index (χ1) is 26.3. The molecule has 7 rings (SSSR count). The highest BCUT2D eigenvalue weighted by atomic mass is 79.9. The Balaban J connectivity index is 0.000000240. The van der Waals surface area contributed by atoms with Crippen molar-refractivity contribution in [1.82, 2.24) is 10.2 Å². The Morgan fingerprint density at radius 3 is 0.945 bits per heavy atom. The van der Waals surface area contributed by atoms with Crippen LogP contribution in [-0.2, 0) is 0 Å². The maximum atomic E-state index is 3.60. The van der Waals surface area contributed by atoms with E-state index in [1.165, 1.54) is 89.5 Å². The van der Waals surface area contributed by atoms with Crippen LogP contribution in [0.4, 0.5) is 0 Å². The van der Waals surface area contributed by atoms with Crippen LogP contribution in [0.5, 0.6) is 0 Å². The molecule has 0 aliphatic carbocycles. The lowest BCUT2D eigenvalue weighted by Gasteiger charge is -2.29. The number of hydrogen-bond donors (Lipinski definition) is 1. The van der Waals surface area contributed by atoms with Gasteiger partial charge in [0, 0.05) is 31.5 Å². The van der Waals surface area contributed by atoms with E-state index in [2.05, 4.69) is 208 Å². The van der Waals surface area contributed by atoms with Crippen molar-refractivity contribution in [3.8, 4) is 0 Å². The molecule has 7 heteroatoms. The van der Waals surface area contributed by atoms with Crippen molar-refractivity contribution >= 4 is 62.3 Å². The third-order valence-corrected chi connectivity index (χ3v) is 20.1. The monoisotopic (exact) mass is 958 g/mol. The fourth-order valence-corrected chi connectivity index (χ4v) is 17.0. The molecule has 0 bridgehead atoms. The normalized spacial score (nSPS) is 13.0. The van der Waals surface area contributed by atoms with Crippen molar-refractivity contribution in [2.24, 2.45) is 0 Å². The summed E-state index contributed by atoms with van der Waals surface area (Å²) in [4.78, 5) is 2.62. The van der Waals surface area contributed by atoms with Crippen LogP contribution < -0.4 is 71.1 Å². The van der Waals surface area contributed by atoms with Crippen LogP contribution in [0.2, 0.25) is 0 Å². The van der Waals surface area contributed by atoms with Gasteiger partial charge >= 0.3 is 0 Å². The molecule has 6 aromatic rings. The minimum absolute atomic E-state index is 0. The van der Waals surface area contributed by atoms with Gasteiger partial charge in [0.2, 0.25) is 0 Å². The zero-order chi connectivity index (χ0) is 36.4. The zero-order valence-electron chi connectivity index (χ0n) is 31.8. The standard InChI is InChI=1S/C26H32N2P.C22H23BrP.2BrH/c1-4-12-24(13-5-1)29(25-14-6-2-7-15-25,26-16-8-3-9-17-26)23-11-10-20-28-21-18-27-19-22-28;23-18-10-11-19-24(20-12-4-1-5-13-20,21-14-6-2-7-15-21)22-16-8-3-9-17-22;;/h1-9,12-17,27H,10-11,18-23H2;1-9,12-17H,10-11,18-19H2;2*1H/q2*+1;;/p-2. The molecule has 6 aromatic carbocycles. The average molecular weight is 962 g/mol.